The van der Waals surface area contributed by atoms with E-state index in [1.54, 1.807) is 0 Å². The van der Waals surface area contributed by atoms with Crippen LogP contribution in [0.4, 0.5) is 0 Å². The van der Waals surface area contributed by atoms with Gasteiger partial charge in [-0.1, -0.05) is 115 Å². The summed E-state index contributed by atoms with van der Waals surface area (Å²) < 4.78 is 2.38. The van der Waals surface area contributed by atoms with Crippen molar-refractivity contribution >= 4 is 50.4 Å². The number of fused-ring (bicyclic) bond motifs is 4. The normalized spacial score (nSPS) is 12.3. The summed E-state index contributed by atoms with van der Waals surface area (Å²) >= 11 is 0. The molecule has 0 bridgehead atoms. The Balaban J connectivity index is 1.65. The van der Waals surface area contributed by atoms with E-state index in [1.807, 2.05) is 0 Å². The smallest absolute Gasteiger partial charge is 0.0541 e. The van der Waals surface area contributed by atoms with Crippen LogP contribution in [0, 0.1) is 0 Å². The summed E-state index contributed by atoms with van der Waals surface area (Å²) in [6.07, 6.45) is 6.73. The molecule has 0 aliphatic carbocycles. The van der Waals surface area contributed by atoms with E-state index in [0.717, 1.165) is 5.70 Å². The molecule has 5 aromatic carbocycles. The fraction of sp³-hybridized carbons (Fsp3) is 0. The van der Waals surface area contributed by atoms with Crippen LogP contribution in [0.3, 0.4) is 0 Å². The van der Waals surface area contributed by atoms with Crippen LogP contribution in [-0.2, 0) is 0 Å². The first kappa shape index (κ1) is 19.3. The van der Waals surface area contributed by atoms with E-state index in [2.05, 4.69) is 144 Å². The van der Waals surface area contributed by atoms with Gasteiger partial charge in [-0.15, -0.1) is 0 Å². The minimum absolute atomic E-state index is 1.13. The van der Waals surface area contributed by atoms with Gasteiger partial charge in [0.15, 0.2) is 0 Å². The molecule has 1 nitrogen and oxygen atoms in total. The zero-order chi connectivity index (χ0) is 22.0. The lowest BCUT2D eigenvalue weighted by Crippen LogP contribution is -1.95. The Morgan fingerprint density at radius 3 is 1.82 bits per heavy atom. The van der Waals surface area contributed by atoms with Gasteiger partial charge in [0.25, 0.3) is 0 Å². The van der Waals surface area contributed by atoms with E-state index in [0.29, 0.717) is 0 Å². The molecule has 0 amide bonds. The van der Waals surface area contributed by atoms with E-state index in [-0.39, 0.29) is 0 Å². The molecule has 6 aromatic rings. The molecule has 0 atom stereocenters. The zero-order valence-corrected chi connectivity index (χ0v) is 18.2. The number of rotatable bonds is 4. The summed E-state index contributed by atoms with van der Waals surface area (Å²) in [7, 11) is 0. The summed E-state index contributed by atoms with van der Waals surface area (Å²) in [5.41, 5.74) is 5.95. The van der Waals surface area contributed by atoms with E-state index < -0.39 is 0 Å². The molecular weight excluding hydrogens is 398 g/mol. The highest BCUT2D eigenvalue weighted by molar-refractivity contribution is 6.11. The Bertz CT molecular complexity index is 1590. The van der Waals surface area contributed by atoms with Gasteiger partial charge in [-0.3, -0.25) is 0 Å². The molecule has 1 heteroatoms. The first-order valence-electron chi connectivity index (χ1n) is 11.3. The van der Waals surface area contributed by atoms with E-state index in [1.165, 1.54) is 43.7 Å². The third-order valence-corrected chi connectivity index (χ3v) is 6.21. The highest BCUT2D eigenvalue weighted by atomic mass is 15.0. The fourth-order valence-electron chi connectivity index (χ4n) is 4.67. The third kappa shape index (κ3) is 3.54. The lowest BCUT2D eigenvalue weighted by Gasteiger charge is -2.11. The number of aromatic nitrogens is 1. The van der Waals surface area contributed by atoms with Crippen molar-refractivity contribution in [1.82, 2.24) is 4.57 Å². The maximum atomic E-state index is 2.38. The lowest BCUT2D eigenvalue weighted by atomic mass is 10.0. The van der Waals surface area contributed by atoms with Gasteiger partial charge in [0.1, 0.15) is 0 Å². The molecule has 0 aliphatic heterocycles. The van der Waals surface area contributed by atoms with Crippen molar-refractivity contribution < 1.29 is 0 Å². The summed E-state index contributed by atoms with van der Waals surface area (Å²) in [4.78, 5) is 0. The number of hydrogen-bond acceptors (Lipinski definition) is 0. The Morgan fingerprint density at radius 1 is 0.515 bits per heavy atom. The topological polar surface area (TPSA) is 4.93 Å². The molecule has 0 N–H and O–H groups in total. The first-order valence-corrected chi connectivity index (χ1v) is 11.3. The van der Waals surface area contributed by atoms with Gasteiger partial charge in [-0.25, -0.2) is 0 Å². The molecule has 156 valence electrons. The van der Waals surface area contributed by atoms with E-state index >= 15 is 0 Å². The summed E-state index contributed by atoms with van der Waals surface area (Å²) in [5.74, 6) is 0. The Hall–Kier alpha value is -4.36. The predicted molar refractivity (Wildman–Crippen MR) is 143 cm³/mol. The van der Waals surface area contributed by atoms with Gasteiger partial charge in [0.05, 0.1) is 11.0 Å². The van der Waals surface area contributed by atoms with Gasteiger partial charge < -0.3 is 4.57 Å². The van der Waals surface area contributed by atoms with Crippen LogP contribution in [0.5, 0.6) is 0 Å². The van der Waals surface area contributed by atoms with Crippen molar-refractivity contribution in [1.29, 1.82) is 0 Å². The third-order valence-electron chi connectivity index (χ3n) is 6.21. The summed E-state index contributed by atoms with van der Waals surface area (Å²) in [5, 5.41) is 5.04. The van der Waals surface area contributed by atoms with Gasteiger partial charge in [0.2, 0.25) is 0 Å². The molecule has 0 radical (unpaired) electrons. The van der Waals surface area contributed by atoms with Crippen LogP contribution in [0.25, 0.3) is 50.4 Å². The van der Waals surface area contributed by atoms with Crippen molar-refractivity contribution in [2.24, 2.45) is 0 Å². The van der Waals surface area contributed by atoms with Crippen molar-refractivity contribution in [2.75, 3.05) is 0 Å². The van der Waals surface area contributed by atoms with Crippen LogP contribution in [0.1, 0.15) is 11.1 Å². The second kappa shape index (κ2) is 8.29. The maximum Gasteiger partial charge on any atom is 0.0541 e. The fourth-order valence-corrected chi connectivity index (χ4v) is 4.67. The number of allylic oxidation sites excluding steroid dienone is 2. The molecule has 0 spiro atoms. The molecule has 1 heterocycles. The molecule has 0 unspecified atom stereocenters. The van der Waals surface area contributed by atoms with Gasteiger partial charge >= 0.3 is 0 Å². The highest BCUT2D eigenvalue weighted by Crippen LogP contribution is 2.33. The zero-order valence-electron chi connectivity index (χ0n) is 18.2. The van der Waals surface area contributed by atoms with Crippen LogP contribution < -0.4 is 0 Å². The molecule has 0 saturated carbocycles. The Labute approximate surface area is 193 Å². The summed E-state index contributed by atoms with van der Waals surface area (Å²) in [6, 6.07) is 42.9. The van der Waals surface area contributed by atoms with Crippen molar-refractivity contribution in [3.8, 4) is 0 Å². The Kier molecular flexibility index (Phi) is 4.86. The van der Waals surface area contributed by atoms with E-state index in [4.69, 9.17) is 0 Å². The average molecular weight is 422 g/mol. The van der Waals surface area contributed by atoms with Crippen molar-refractivity contribution in [3.63, 3.8) is 0 Å². The average Bonchev–Trinajstić information content (AvgIpc) is 3.22. The number of benzene rings is 5. The van der Waals surface area contributed by atoms with Crippen LogP contribution in [0.2, 0.25) is 0 Å². The number of nitrogens with zero attached hydrogens (tertiary/aromatic N) is 1. The SMILES string of the molecule is C(=C\c1ccccc1)/C(=C\c1cccc2ccccc12)n1c2ccccc2c2ccccc21. The van der Waals surface area contributed by atoms with Crippen molar-refractivity contribution in [3.05, 3.63) is 139 Å². The van der Waals surface area contributed by atoms with E-state index in [9.17, 15) is 0 Å². The van der Waals surface area contributed by atoms with Crippen LogP contribution in [-0.4, -0.2) is 4.57 Å². The number of hydrogen-bond donors (Lipinski definition) is 0. The second-order valence-corrected chi connectivity index (χ2v) is 8.25. The summed E-state index contributed by atoms with van der Waals surface area (Å²) in [6.45, 7) is 0. The minimum atomic E-state index is 1.13. The standard InChI is InChI=1S/C32H23N/c1-2-11-24(12-3-1)21-22-27(23-26-15-10-14-25-13-4-5-16-28(25)26)33-31-19-8-6-17-29(31)30-18-7-9-20-32(30)33/h1-23H/b22-21+,27-23+. The maximum absolute atomic E-state index is 2.38. The Morgan fingerprint density at radius 2 is 1.09 bits per heavy atom. The monoisotopic (exact) mass is 421 g/mol. The van der Waals surface area contributed by atoms with Gasteiger partial charge in [-0.05, 0) is 46.2 Å². The molecular formula is C32H23N. The molecule has 0 saturated heterocycles. The van der Waals surface area contributed by atoms with Crippen molar-refractivity contribution in [2.45, 2.75) is 0 Å². The molecule has 33 heavy (non-hydrogen) atoms. The molecule has 0 aliphatic rings. The second-order valence-electron chi connectivity index (χ2n) is 8.25. The van der Waals surface area contributed by atoms with Gasteiger partial charge in [-0.2, -0.15) is 0 Å². The molecule has 6 rings (SSSR count). The van der Waals surface area contributed by atoms with Gasteiger partial charge in [0, 0.05) is 16.5 Å². The quantitative estimate of drug-likeness (QED) is 0.251. The first-order chi connectivity index (χ1) is 16.4. The lowest BCUT2D eigenvalue weighted by molar-refractivity contribution is 1.25. The highest BCUT2D eigenvalue weighted by Gasteiger charge is 2.12. The minimum Gasteiger partial charge on any atom is -0.309 e. The van der Waals surface area contributed by atoms with Crippen LogP contribution >= 0.6 is 0 Å². The molecule has 0 fully saturated rings. The largest absolute Gasteiger partial charge is 0.309 e. The predicted octanol–water partition coefficient (Wildman–Crippen LogP) is 8.66. The number of para-hydroxylation sites is 2. The molecule has 1 aromatic heterocycles. The van der Waals surface area contributed by atoms with Crippen LogP contribution in [0.15, 0.2) is 127 Å².